The topological polar surface area (TPSA) is 12.0 Å². The maximum Gasteiger partial charge on any atom is 0.0583 e. The Morgan fingerprint density at radius 3 is 2.64 bits per heavy atom. The molecule has 0 bridgehead atoms. The Hall–Kier alpha value is -0.710. The van der Waals surface area contributed by atoms with Crippen LogP contribution in [0.5, 0.6) is 0 Å². The van der Waals surface area contributed by atoms with Crippen LogP contribution in [0.15, 0.2) is 48.6 Å². The summed E-state index contributed by atoms with van der Waals surface area (Å²) >= 11 is 15.3. The highest BCUT2D eigenvalue weighted by atomic mass is 127. The van der Waals surface area contributed by atoms with Gasteiger partial charge in [-0.15, -0.1) is 0 Å². The summed E-state index contributed by atoms with van der Waals surface area (Å²) in [5.74, 6) is 0.895. The maximum atomic E-state index is 6.46. The fourth-order valence-electron chi connectivity index (χ4n) is 3.66. The van der Waals surface area contributed by atoms with Gasteiger partial charge in [-0.05, 0) is 70.8 Å². The molecule has 1 nitrogen and oxygen atoms in total. The van der Waals surface area contributed by atoms with Crippen LogP contribution in [0, 0.1) is 9.49 Å². The minimum atomic E-state index is 0.147. The van der Waals surface area contributed by atoms with Gasteiger partial charge in [0, 0.05) is 30.8 Å². The second-order valence-corrected chi connectivity index (χ2v) is 7.90. The fourth-order valence-corrected chi connectivity index (χ4v) is 4.81. The van der Waals surface area contributed by atoms with Crippen molar-refractivity contribution in [3.05, 3.63) is 73.3 Å². The number of anilines is 1. The molecule has 0 fully saturated rings. The number of benzene rings is 2. The van der Waals surface area contributed by atoms with Crippen LogP contribution in [0.25, 0.3) is 0 Å². The molecular formula is C18H14Cl2IN. The molecule has 3 atom stereocenters. The van der Waals surface area contributed by atoms with Gasteiger partial charge >= 0.3 is 0 Å². The molecule has 1 aliphatic heterocycles. The molecule has 0 saturated carbocycles. The predicted octanol–water partition coefficient (Wildman–Crippen LogP) is 6.42. The van der Waals surface area contributed by atoms with Crippen molar-refractivity contribution in [3.63, 3.8) is 0 Å². The summed E-state index contributed by atoms with van der Waals surface area (Å²) in [6.07, 6.45) is 5.66. The molecule has 2 aromatic rings. The van der Waals surface area contributed by atoms with E-state index in [0.29, 0.717) is 11.8 Å². The Morgan fingerprint density at radius 1 is 1.09 bits per heavy atom. The lowest BCUT2D eigenvalue weighted by molar-refractivity contribution is 0.425. The van der Waals surface area contributed by atoms with E-state index in [1.165, 1.54) is 14.8 Å². The molecular weight excluding hydrogens is 428 g/mol. The summed E-state index contributed by atoms with van der Waals surface area (Å²) < 4.78 is 1.27. The average Bonchev–Trinajstić information content (AvgIpc) is 2.97. The molecule has 22 heavy (non-hydrogen) atoms. The van der Waals surface area contributed by atoms with Crippen molar-refractivity contribution < 1.29 is 0 Å². The summed E-state index contributed by atoms with van der Waals surface area (Å²) in [6.45, 7) is 0. The number of halogens is 3. The van der Waals surface area contributed by atoms with Crippen LogP contribution in [0.1, 0.15) is 29.5 Å². The van der Waals surface area contributed by atoms with Gasteiger partial charge < -0.3 is 5.32 Å². The largest absolute Gasteiger partial charge is 0.378 e. The average molecular weight is 442 g/mol. The number of fused-ring (bicyclic) bond motifs is 3. The van der Waals surface area contributed by atoms with Gasteiger partial charge in [0.25, 0.3) is 0 Å². The summed E-state index contributed by atoms with van der Waals surface area (Å²) in [5, 5.41) is 5.16. The minimum absolute atomic E-state index is 0.147. The molecule has 1 N–H and O–H groups in total. The summed E-state index contributed by atoms with van der Waals surface area (Å²) in [5.41, 5.74) is 3.59. The van der Waals surface area contributed by atoms with Crippen LogP contribution in [0.2, 0.25) is 10.0 Å². The molecule has 3 unspecified atom stereocenters. The summed E-state index contributed by atoms with van der Waals surface area (Å²) in [4.78, 5) is 0. The molecule has 4 rings (SSSR count). The van der Waals surface area contributed by atoms with Gasteiger partial charge in [0.15, 0.2) is 0 Å². The highest BCUT2D eigenvalue weighted by molar-refractivity contribution is 14.1. The predicted molar refractivity (Wildman–Crippen MR) is 102 cm³/mol. The number of nitrogens with one attached hydrogen (secondary N) is 1. The van der Waals surface area contributed by atoms with Gasteiger partial charge in [-0.2, -0.15) is 0 Å². The quantitative estimate of drug-likeness (QED) is 0.397. The van der Waals surface area contributed by atoms with E-state index < -0.39 is 0 Å². The SMILES string of the molecule is Clc1cccc(Cl)c1C1Nc2ccc(I)cc2C2C=CCC21. The van der Waals surface area contributed by atoms with Gasteiger partial charge in [0.1, 0.15) is 0 Å². The third kappa shape index (κ3) is 2.36. The molecule has 0 amide bonds. The lowest BCUT2D eigenvalue weighted by Gasteiger charge is -2.38. The van der Waals surface area contributed by atoms with Crippen molar-refractivity contribution in [1.82, 2.24) is 0 Å². The lowest BCUT2D eigenvalue weighted by Crippen LogP contribution is -2.29. The van der Waals surface area contributed by atoms with Gasteiger partial charge in [0.2, 0.25) is 0 Å². The zero-order valence-corrected chi connectivity index (χ0v) is 15.4. The maximum absolute atomic E-state index is 6.46. The molecule has 2 aromatic carbocycles. The Labute approximate surface area is 153 Å². The first-order valence-corrected chi connectivity index (χ1v) is 9.15. The van der Waals surface area contributed by atoms with E-state index in [1.807, 2.05) is 18.2 Å². The van der Waals surface area contributed by atoms with Crippen molar-refractivity contribution in [1.29, 1.82) is 0 Å². The van der Waals surface area contributed by atoms with Crippen LogP contribution in [-0.2, 0) is 0 Å². The van der Waals surface area contributed by atoms with Gasteiger partial charge in [-0.25, -0.2) is 0 Å². The first-order valence-electron chi connectivity index (χ1n) is 7.31. The Balaban J connectivity index is 1.85. The van der Waals surface area contributed by atoms with Crippen LogP contribution >= 0.6 is 45.8 Å². The number of allylic oxidation sites excluding steroid dienone is 2. The van der Waals surface area contributed by atoms with Crippen LogP contribution in [0.3, 0.4) is 0 Å². The molecule has 0 radical (unpaired) electrons. The van der Waals surface area contributed by atoms with E-state index >= 15 is 0 Å². The zero-order valence-electron chi connectivity index (χ0n) is 11.7. The standard InChI is InChI=1S/C18H14Cl2IN/c19-14-5-2-6-15(20)17(14)18-12-4-1-3-11(12)13-9-10(21)7-8-16(13)22-18/h1-3,5-9,11-12,18,22H,4H2. The second-order valence-electron chi connectivity index (χ2n) is 5.84. The molecule has 0 aromatic heterocycles. The van der Waals surface area contributed by atoms with E-state index in [1.54, 1.807) is 0 Å². The van der Waals surface area contributed by atoms with Crippen LogP contribution in [-0.4, -0.2) is 0 Å². The van der Waals surface area contributed by atoms with Crippen LogP contribution in [0.4, 0.5) is 5.69 Å². The number of hydrogen-bond donors (Lipinski definition) is 1. The van der Waals surface area contributed by atoms with E-state index in [-0.39, 0.29) is 6.04 Å². The van der Waals surface area contributed by atoms with Crippen molar-refractivity contribution in [2.75, 3.05) is 5.32 Å². The van der Waals surface area contributed by atoms with Gasteiger partial charge in [-0.1, -0.05) is 41.4 Å². The monoisotopic (exact) mass is 441 g/mol. The lowest BCUT2D eigenvalue weighted by atomic mass is 9.77. The van der Waals surface area contributed by atoms with Crippen molar-refractivity contribution in [2.24, 2.45) is 5.92 Å². The minimum Gasteiger partial charge on any atom is -0.378 e. The highest BCUT2D eigenvalue weighted by Gasteiger charge is 2.39. The normalized spacial score (nSPS) is 25.5. The molecule has 112 valence electrons. The Morgan fingerprint density at radius 2 is 1.86 bits per heavy atom. The van der Waals surface area contributed by atoms with E-state index in [9.17, 15) is 0 Å². The van der Waals surface area contributed by atoms with Crippen molar-refractivity contribution >= 4 is 51.5 Å². The highest BCUT2D eigenvalue weighted by Crippen LogP contribution is 2.52. The van der Waals surface area contributed by atoms with E-state index in [4.69, 9.17) is 23.2 Å². The summed E-state index contributed by atoms with van der Waals surface area (Å²) in [6, 6.07) is 12.5. The summed E-state index contributed by atoms with van der Waals surface area (Å²) in [7, 11) is 0. The first kappa shape index (κ1) is 14.9. The second kappa shape index (κ2) is 5.73. The van der Waals surface area contributed by atoms with Crippen molar-refractivity contribution in [2.45, 2.75) is 18.4 Å². The Bertz CT molecular complexity index is 751. The molecule has 0 saturated heterocycles. The van der Waals surface area contributed by atoms with E-state index in [0.717, 1.165) is 22.0 Å². The van der Waals surface area contributed by atoms with Crippen LogP contribution < -0.4 is 5.32 Å². The Kier molecular flexibility index (Phi) is 3.87. The molecule has 4 heteroatoms. The van der Waals surface area contributed by atoms with Gasteiger partial charge in [-0.3, -0.25) is 0 Å². The van der Waals surface area contributed by atoms with Gasteiger partial charge in [0.05, 0.1) is 6.04 Å². The smallest absolute Gasteiger partial charge is 0.0583 e. The number of rotatable bonds is 1. The molecule has 0 spiro atoms. The molecule has 1 heterocycles. The van der Waals surface area contributed by atoms with E-state index in [2.05, 4.69) is 58.3 Å². The third-order valence-electron chi connectivity index (χ3n) is 4.64. The third-order valence-corrected chi connectivity index (χ3v) is 5.97. The number of hydrogen-bond acceptors (Lipinski definition) is 1. The first-order chi connectivity index (χ1) is 10.6. The van der Waals surface area contributed by atoms with Crippen molar-refractivity contribution in [3.8, 4) is 0 Å². The zero-order chi connectivity index (χ0) is 15.3. The molecule has 1 aliphatic carbocycles. The fraction of sp³-hybridized carbons (Fsp3) is 0.222. The molecule has 2 aliphatic rings.